The number of hydrogen-bond donors (Lipinski definition) is 1. The Kier molecular flexibility index (Phi) is 6.47. The van der Waals surface area contributed by atoms with E-state index in [0.717, 1.165) is 37.4 Å². The van der Waals surface area contributed by atoms with Crippen LogP contribution in [0.2, 0.25) is 5.02 Å². The number of fused-ring (bicyclic) bond motifs is 2. The van der Waals surface area contributed by atoms with E-state index in [0.29, 0.717) is 51.9 Å². The molecular formula is C29H26ClFN2O5. The van der Waals surface area contributed by atoms with Gasteiger partial charge >= 0.3 is 0 Å². The summed E-state index contributed by atoms with van der Waals surface area (Å²) in [5, 5.41) is 11.4. The van der Waals surface area contributed by atoms with Crippen molar-refractivity contribution in [1.29, 1.82) is 0 Å². The second kappa shape index (κ2) is 9.94. The minimum absolute atomic E-state index is 0.0943. The Morgan fingerprint density at radius 1 is 1.08 bits per heavy atom. The first kappa shape index (κ1) is 24.7. The zero-order valence-electron chi connectivity index (χ0n) is 20.8. The van der Waals surface area contributed by atoms with Crippen LogP contribution in [0.15, 0.2) is 48.2 Å². The van der Waals surface area contributed by atoms with E-state index >= 15 is 0 Å². The Bertz CT molecular complexity index is 1450. The summed E-state index contributed by atoms with van der Waals surface area (Å²) in [5.74, 6) is 0.739. The second-order valence-corrected chi connectivity index (χ2v) is 10.1. The van der Waals surface area contributed by atoms with Crippen molar-refractivity contribution in [1.82, 2.24) is 4.90 Å². The minimum Gasteiger partial charge on any atom is -0.507 e. The van der Waals surface area contributed by atoms with E-state index in [9.17, 15) is 14.3 Å². The normalized spacial score (nSPS) is 18.2. The Balaban J connectivity index is 1.25. The number of hydrogen-bond acceptors (Lipinski definition) is 7. The quantitative estimate of drug-likeness (QED) is 0.454. The number of phenols is 1. The van der Waals surface area contributed by atoms with Crippen molar-refractivity contribution in [3.05, 3.63) is 86.9 Å². The maximum Gasteiger partial charge on any atom is 0.232 e. The van der Waals surface area contributed by atoms with Crippen LogP contribution in [0, 0.1) is 12.7 Å². The Hall–Kier alpha value is -3.59. The van der Waals surface area contributed by atoms with Crippen LogP contribution < -0.4 is 14.4 Å². The van der Waals surface area contributed by atoms with Crippen LogP contribution in [-0.4, -0.2) is 48.8 Å². The van der Waals surface area contributed by atoms with Gasteiger partial charge in [0.25, 0.3) is 0 Å². The number of carbonyl (C=O) groups is 1. The molecule has 38 heavy (non-hydrogen) atoms. The molecule has 0 amide bonds. The summed E-state index contributed by atoms with van der Waals surface area (Å²) >= 11 is 6.30. The molecule has 9 heteroatoms. The van der Waals surface area contributed by atoms with Crippen LogP contribution in [0.5, 0.6) is 17.2 Å². The molecule has 3 aromatic carbocycles. The lowest BCUT2D eigenvalue weighted by Crippen LogP contribution is -2.46. The summed E-state index contributed by atoms with van der Waals surface area (Å²) in [6.07, 6.45) is 1.64. The molecule has 0 aromatic heterocycles. The highest BCUT2D eigenvalue weighted by atomic mass is 35.5. The number of rotatable bonds is 4. The van der Waals surface area contributed by atoms with Crippen molar-refractivity contribution in [3.63, 3.8) is 0 Å². The van der Waals surface area contributed by atoms with E-state index in [-0.39, 0.29) is 29.9 Å². The highest BCUT2D eigenvalue weighted by Crippen LogP contribution is 2.43. The number of ether oxygens (including phenoxy) is 3. The molecule has 0 radical (unpaired) electrons. The van der Waals surface area contributed by atoms with Gasteiger partial charge in [0.15, 0.2) is 12.6 Å². The van der Waals surface area contributed by atoms with Gasteiger partial charge < -0.3 is 24.2 Å². The van der Waals surface area contributed by atoms with Crippen molar-refractivity contribution < 1.29 is 28.5 Å². The molecule has 196 valence electrons. The number of halogens is 2. The Morgan fingerprint density at radius 3 is 2.61 bits per heavy atom. The number of aryl methyl sites for hydroxylation is 1. The molecule has 1 saturated heterocycles. The molecular weight excluding hydrogens is 511 g/mol. The van der Waals surface area contributed by atoms with Gasteiger partial charge in [0.1, 0.15) is 23.1 Å². The molecule has 3 heterocycles. The van der Waals surface area contributed by atoms with Gasteiger partial charge in [-0.2, -0.15) is 0 Å². The number of allylic oxidation sites excluding steroid dienone is 1. The number of phenolic OH excluding ortho intramolecular Hbond substituents is 1. The number of aromatic hydroxyl groups is 1. The van der Waals surface area contributed by atoms with Gasteiger partial charge in [0, 0.05) is 54.6 Å². The van der Waals surface area contributed by atoms with Gasteiger partial charge in [0.05, 0.1) is 17.7 Å². The van der Waals surface area contributed by atoms with Crippen LogP contribution in [0.25, 0.3) is 6.08 Å². The lowest BCUT2D eigenvalue weighted by molar-refractivity contribution is -0.0165. The SMILES string of the molecule is Cc1cc(O)c(CN2CCN(c3ccc(F)cc3)CC2)c2c1C(=O)/C(=C/c1cc(Cl)cc3c1OCOC3)O2. The lowest BCUT2D eigenvalue weighted by Gasteiger charge is -2.36. The molecule has 0 aliphatic carbocycles. The average Bonchev–Trinajstić information content (AvgIpc) is 3.23. The fourth-order valence-corrected chi connectivity index (χ4v) is 5.48. The lowest BCUT2D eigenvalue weighted by atomic mass is 9.98. The summed E-state index contributed by atoms with van der Waals surface area (Å²) < 4.78 is 30.5. The summed E-state index contributed by atoms with van der Waals surface area (Å²) in [7, 11) is 0. The predicted molar refractivity (Wildman–Crippen MR) is 141 cm³/mol. The second-order valence-electron chi connectivity index (χ2n) is 9.67. The number of nitrogens with zero attached hydrogens (tertiary/aromatic N) is 2. The number of benzene rings is 3. The number of ketones is 1. The fraction of sp³-hybridized carbons (Fsp3) is 0.276. The highest BCUT2D eigenvalue weighted by molar-refractivity contribution is 6.31. The van der Waals surface area contributed by atoms with Crippen LogP contribution in [0.1, 0.15) is 32.6 Å². The van der Waals surface area contributed by atoms with Crippen LogP contribution in [-0.2, 0) is 17.9 Å². The molecule has 0 atom stereocenters. The topological polar surface area (TPSA) is 71.5 Å². The monoisotopic (exact) mass is 536 g/mol. The van der Waals surface area contributed by atoms with Gasteiger partial charge in [-0.3, -0.25) is 9.69 Å². The molecule has 0 spiro atoms. The molecule has 6 rings (SSSR count). The van der Waals surface area contributed by atoms with Gasteiger partial charge in [-0.25, -0.2) is 4.39 Å². The first-order valence-corrected chi connectivity index (χ1v) is 12.8. The molecule has 0 saturated carbocycles. The zero-order valence-corrected chi connectivity index (χ0v) is 21.6. The van der Waals surface area contributed by atoms with E-state index in [4.69, 9.17) is 25.8 Å². The predicted octanol–water partition coefficient (Wildman–Crippen LogP) is 5.30. The van der Waals surface area contributed by atoms with Gasteiger partial charge in [-0.05, 0) is 61.0 Å². The molecule has 0 unspecified atom stereocenters. The minimum atomic E-state index is -0.254. The van der Waals surface area contributed by atoms with Crippen molar-refractivity contribution in [2.45, 2.75) is 20.1 Å². The Labute approximate surface area is 224 Å². The number of carbonyl (C=O) groups excluding carboxylic acids is 1. The summed E-state index contributed by atoms with van der Waals surface area (Å²) in [5.41, 5.74) is 4.09. The first-order chi connectivity index (χ1) is 18.4. The third kappa shape index (κ3) is 4.60. The Morgan fingerprint density at radius 2 is 1.84 bits per heavy atom. The van der Waals surface area contributed by atoms with E-state index < -0.39 is 0 Å². The number of anilines is 1. The molecule has 3 aromatic rings. The average molecular weight is 537 g/mol. The van der Waals surface area contributed by atoms with Crippen LogP contribution in [0.3, 0.4) is 0 Å². The molecule has 1 N–H and O–H groups in total. The van der Waals surface area contributed by atoms with Gasteiger partial charge in [0.2, 0.25) is 5.78 Å². The van der Waals surface area contributed by atoms with Gasteiger partial charge in [-0.15, -0.1) is 0 Å². The van der Waals surface area contributed by atoms with E-state index in [1.807, 2.05) is 0 Å². The molecule has 1 fully saturated rings. The van der Waals surface area contributed by atoms with Crippen molar-refractivity contribution in [3.8, 4) is 17.2 Å². The van der Waals surface area contributed by atoms with Crippen molar-refractivity contribution in [2.75, 3.05) is 37.9 Å². The summed E-state index contributed by atoms with van der Waals surface area (Å²) in [4.78, 5) is 17.8. The maximum atomic E-state index is 13.4. The third-order valence-corrected chi connectivity index (χ3v) is 7.37. The van der Waals surface area contributed by atoms with E-state index in [2.05, 4.69) is 9.80 Å². The largest absolute Gasteiger partial charge is 0.507 e. The highest BCUT2D eigenvalue weighted by Gasteiger charge is 2.34. The van der Waals surface area contributed by atoms with Crippen LogP contribution >= 0.6 is 11.6 Å². The third-order valence-electron chi connectivity index (χ3n) is 7.16. The fourth-order valence-electron chi connectivity index (χ4n) is 5.23. The molecule has 3 aliphatic rings. The summed E-state index contributed by atoms with van der Waals surface area (Å²) in [6, 6.07) is 11.6. The number of piperazine rings is 1. The standard InChI is InChI=1S/C29H26ClFN2O5/c1-17-10-24(34)23(14-32-6-8-33(9-7-32)22-4-2-21(31)3-5-22)29-26(17)27(35)25(38-29)13-18-11-20(30)12-19-15-36-16-37-28(18)19/h2-5,10-13,34H,6-9,14-16H2,1H3/b25-13-. The van der Waals surface area contributed by atoms with Crippen molar-refractivity contribution in [2.24, 2.45) is 0 Å². The zero-order chi connectivity index (χ0) is 26.4. The van der Waals surface area contributed by atoms with Crippen LogP contribution in [0.4, 0.5) is 10.1 Å². The molecule has 0 bridgehead atoms. The van der Waals surface area contributed by atoms with Crippen molar-refractivity contribution >= 4 is 29.1 Å². The smallest absolute Gasteiger partial charge is 0.232 e. The maximum absolute atomic E-state index is 13.4. The van der Waals surface area contributed by atoms with Gasteiger partial charge in [-0.1, -0.05) is 11.6 Å². The molecule has 7 nitrogen and oxygen atoms in total. The summed E-state index contributed by atoms with van der Waals surface area (Å²) in [6.45, 7) is 5.70. The van der Waals surface area contributed by atoms with E-state index in [1.54, 1.807) is 43.3 Å². The van der Waals surface area contributed by atoms with E-state index in [1.165, 1.54) is 12.1 Å². The molecule has 3 aliphatic heterocycles. The first-order valence-electron chi connectivity index (χ1n) is 12.4. The number of Topliss-reactive ketones (excluding diaryl/α,β-unsaturated/α-hetero) is 1.